The average Bonchev–Trinajstić information content (AvgIpc) is 3.15. The van der Waals surface area contributed by atoms with E-state index in [1.54, 1.807) is 0 Å². The van der Waals surface area contributed by atoms with E-state index < -0.39 is 0 Å². The monoisotopic (exact) mass is 220 g/mol. The molecule has 1 aliphatic heterocycles. The van der Waals surface area contributed by atoms with Gasteiger partial charge in [0.1, 0.15) is 0 Å². The normalized spacial score (nSPS) is 41.2. The standard InChI is InChI=1S/C14H24N2/c1-11-9-15-14(12-7-8-12)10-16(11)13-5-3-2-4-6-13/h2-3,11-15H,4-10H2,1H3. The summed E-state index contributed by atoms with van der Waals surface area (Å²) in [6, 6.07) is 2.34. The van der Waals surface area contributed by atoms with Crippen LogP contribution in [0.1, 0.15) is 39.0 Å². The van der Waals surface area contributed by atoms with Crippen molar-refractivity contribution >= 4 is 0 Å². The Morgan fingerprint density at radius 2 is 2.06 bits per heavy atom. The summed E-state index contributed by atoms with van der Waals surface area (Å²) >= 11 is 0. The number of nitrogens with zero attached hydrogens (tertiary/aromatic N) is 1. The van der Waals surface area contributed by atoms with Crippen molar-refractivity contribution in [2.75, 3.05) is 13.1 Å². The highest BCUT2D eigenvalue weighted by molar-refractivity contribution is 4.99. The minimum absolute atomic E-state index is 0.728. The van der Waals surface area contributed by atoms with Crippen molar-refractivity contribution in [3.8, 4) is 0 Å². The number of hydrogen-bond donors (Lipinski definition) is 1. The number of nitrogens with one attached hydrogen (secondary N) is 1. The van der Waals surface area contributed by atoms with E-state index in [2.05, 4.69) is 29.3 Å². The van der Waals surface area contributed by atoms with Gasteiger partial charge in [0.15, 0.2) is 0 Å². The maximum Gasteiger partial charge on any atom is 0.0224 e. The lowest BCUT2D eigenvalue weighted by molar-refractivity contribution is 0.0797. The van der Waals surface area contributed by atoms with Crippen LogP contribution in [0.25, 0.3) is 0 Å². The molecule has 16 heavy (non-hydrogen) atoms. The third-order valence-corrected chi connectivity index (χ3v) is 4.55. The molecular weight excluding hydrogens is 196 g/mol. The van der Waals surface area contributed by atoms with Gasteiger partial charge < -0.3 is 5.32 Å². The molecule has 1 N–H and O–H groups in total. The zero-order valence-electron chi connectivity index (χ0n) is 10.4. The van der Waals surface area contributed by atoms with E-state index in [1.165, 1.54) is 45.2 Å². The molecule has 3 aliphatic rings. The molecule has 0 bridgehead atoms. The molecule has 0 aromatic carbocycles. The molecule has 0 amide bonds. The summed E-state index contributed by atoms with van der Waals surface area (Å²) in [5, 5.41) is 3.74. The molecule has 0 radical (unpaired) electrons. The maximum absolute atomic E-state index is 3.74. The SMILES string of the molecule is CC1CNC(C2CC2)CN1C1CC=CCC1. The molecule has 3 atom stereocenters. The first-order valence-electron chi connectivity index (χ1n) is 6.98. The fourth-order valence-electron chi connectivity index (χ4n) is 3.31. The fourth-order valence-corrected chi connectivity index (χ4v) is 3.31. The van der Waals surface area contributed by atoms with E-state index >= 15 is 0 Å². The van der Waals surface area contributed by atoms with E-state index in [9.17, 15) is 0 Å². The summed E-state index contributed by atoms with van der Waals surface area (Å²) in [7, 11) is 0. The molecule has 3 unspecified atom stereocenters. The molecule has 2 nitrogen and oxygen atoms in total. The topological polar surface area (TPSA) is 15.3 Å². The zero-order valence-corrected chi connectivity index (χ0v) is 10.4. The van der Waals surface area contributed by atoms with E-state index in [1.807, 2.05) is 0 Å². The van der Waals surface area contributed by atoms with Gasteiger partial charge in [-0.1, -0.05) is 12.2 Å². The van der Waals surface area contributed by atoms with Crippen LogP contribution >= 0.6 is 0 Å². The van der Waals surface area contributed by atoms with Crippen LogP contribution in [0.5, 0.6) is 0 Å². The smallest absolute Gasteiger partial charge is 0.0224 e. The summed E-state index contributed by atoms with van der Waals surface area (Å²) in [6.07, 6.45) is 11.6. The summed E-state index contributed by atoms with van der Waals surface area (Å²) in [5.74, 6) is 0.995. The molecule has 1 saturated carbocycles. The lowest BCUT2D eigenvalue weighted by Gasteiger charge is -2.44. The van der Waals surface area contributed by atoms with Gasteiger partial charge in [0.2, 0.25) is 0 Å². The Kier molecular flexibility index (Phi) is 3.03. The summed E-state index contributed by atoms with van der Waals surface area (Å²) in [4.78, 5) is 2.78. The summed E-state index contributed by atoms with van der Waals surface area (Å²) in [6.45, 7) is 4.88. The van der Waals surface area contributed by atoms with E-state index in [-0.39, 0.29) is 0 Å². The van der Waals surface area contributed by atoms with Crippen LogP contribution in [0.3, 0.4) is 0 Å². The minimum atomic E-state index is 0.728. The quantitative estimate of drug-likeness (QED) is 0.718. The first kappa shape index (κ1) is 10.8. The van der Waals surface area contributed by atoms with Gasteiger partial charge in [0.05, 0.1) is 0 Å². The third-order valence-electron chi connectivity index (χ3n) is 4.55. The highest BCUT2D eigenvalue weighted by Gasteiger charge is 2.37. The van der Waals surface area contributed by atoms with Crippen molar-refractivity contribution in [2.24, 2.45) is 5.92 Å². The number of allylic oxidation sites excluding steroid dienone is 1. The van der Waals surface area contributed by atoms with Crippen molar-refractivity contribution < 1.29 is 0 Å². The molecule has 0 spiro atoms. The lowest BCUT2D eigenvalue weighted by Crippen LogP contribution is -2.59. The average molecular weight is 220 g/mol. The Bertz CT molecular complexity index is 270. The maximum atomic E-state index is 3.74. The Balaban J connectivity index is 1.63. The molecule has 2 heteroatoms. The highest BCUT2D eigenvalue weighted by atomic mass is 15.3. The number of rotatable bonds is 2. The van der Waals surface area contributed by atoms with E-state index in [0.29, 0.717) is 0 Å². The lowest BCUT2D eigenvalue weighted by atomic mass is 9.96. The van der Waals surface area contributed by atoms with Crippen molar-refractivity contribution in [1.82, 2.24) is 10.2 Å². The largest absolute Gasteiger partial charge is 0.311 e. The van der Waals surface area contributed by atoms with Crippen molar-refractivity contribution in [3.63, 3.8) is 0 Å². The minimum Gasteiger partial charge on any atom is -0.311 e. The zero-order chi connectivity index (χ0) is 11.0. The van der Waals surface area contributed by atoms with Gasteiger partial charge in [-0.05, 0) is 44.9 Å². The third kappa shape index (κ3) is 2.18. The number of hydrogen-bond acceptors (Lipinski definition) is 2. The second-order valence-corrected chi connectivity index (χ2v) is 5.84. The van der Waals surface area contributed by atoms with Gasteiger partial charge in [0, 0.05) is 31.2 Å². The van der Waals surface area contributed by atoms with Gasteiger partial charge >= 0.3 is 0 Å². The predicted octanol–water partition coefficient (Wildman–Crippen LogP) is 2.17. The Hall–Kier alpha value is -0.340. The van der Waals surface area contributed by atoms with Crippen LogP contribution in [0, 0.1) is 5.92 Å². The summed E-state index contributed by atoms with van der Waals surface area (Å²) < 4.78 is 0. The van der Waals surface area contributed by atoms with Crippen molar-refractivity contribution in [2.45, 2.75) is 57.2 Å². The van der Waals surface area contributed by atoms with Crippen molar-refractivity contribution in [3.05, 3.63) is 12.2 Å². The first-order valence-corrected chi connectivity index (χ1v) is 6.98. The second-order valence-electron chi connectivity index (χ2n) is 5.84. The Labute approximate surface area is 99.1 Å². The van der Waals surface area contributed by atoms with Crippen LogP contribution in [0.15, 0.2) is 12.2 Å². The van der Waals surface area contributed by atoms with Gasteiger partial charge in [-0.25, -0.2) is 0 Å². The molecule has 0 aromatic heterocycles. The Morgan fingerprint density at radius 1 is 1.19 bits per heavy atom. The molecule has 3 rings (SSSR count). The van der Waals surface area contributed by atoms with Gasteiger partial charge in [-0.2, -0.15) is 0 Å². The second kappa shape index (κ2) is 4.50. The highest BCUT2D eigenvalue weighted by Crippen LogP contribution is 2.35. The molecule has 2 fully saturated rings. The molecule has 90 valence electrons. The van der Waals surface area contributed by atoms with Crippen LogP contribution in [0.4, 0.5) is 0 Å². The summed E-state index contributed by atoms with van der Waals surface area (Å²) in [5.41, 5.74) is 0. The van der Waals surface area contributed by atoms with Gasteiger partial charge in [0.25, 0.3) is 0 Å². The predicted molar refractivity (Wildman–Crippen MR) is 67.5 cm³/mol. The number of piperazine rings is 1. The van der Waals surface area contributed by atoms with Gasteiger partial charge in [-0.15, -0.1) is 0 Å². The van der Waals surface area contributed by atoms with Crippen LogP contribution in [-0.2, 0) is 0 Å². The van der Waals surface area contributed by atoms with E-state index in [0.717, 1.165) is 24.0 Å². The molecule has 2 aliphatic carbocycles. The Morgan fingerprint density at radius 3 is 2.75 bits per heavy atom. The van der Waals surface area contributed by atoms with Crippen LogP contribution in [-0.4, -0.2) is 36.1 Å². The first-order chi connectivity index (χ1) is 7.84. The molecule has 0 aromatic rings. The van der Waals surface area contributed by atoms with Crippen LogP contribution < -0.4 is 5.32 Å². The fraction of sp³-hybridized carbons (Fsp3) is 0.857. The van der Waals surface area contributed by atoms with Gasteiger partial charge in [-0.3, -0.25) is 4.90 Å². The molecular formula is C14H24N2. The molecule has 1 heterocycles. The van der Waals surface area contributed by atoms with Crippen molar-refractivity contribution in [1.29, 1.82) is 0 Å². The van der Waals surface area contributed by atoms with Crippen LogP contribution in [0.2, 0.25) is 0 Å². The van der Waals surface area contributed by atoms with E-state index in [4.69, 9.17) is 0 Å². The molecule has 1 saturated heterocycles.